The van der Waals surface area contributed by atoms with E-state index < -0.39 is 8.32 Å². The molecule has 1 saturated heterocycles. The molecule has 0 spiro atoms. The molecule has 33 heavy (non-hydrogen) atoms. The van der Waals surface area contributed by atoms with Gasteiger partial charge in [0.05, 0.1) is 13.2 Å². The molecule has 1 aromatic rings. The molecule has 1 aliphatic heterocycles. The van der Waals surface area contributed by atoms with E-state index in [9.17, 15) is 4.79 Å². The standard InChI is InChI=1S/C26H42O5SSi/c1-26(2,3)33(5,6)30-18-21-19(13-15-22(21)31-24-12-7-8-17-29-24)10-9-11-20-14-16-23(32-20)25(27)28-4/h13-14,16,21-22,24H,7-12,15,17-18H2,1-6H3/t21-,22-,24?/m1/s1. The van der Waals surface area contributed by atoms with E-state index in [0.717, 1.165) is 51.7 Å². The number of carbonyl (C=O) groups excluding carboxylic acids is 1. The van der Waals surface area contributed by atoms with Gasteiger partial charge in [0.1, 0.15) is 4.88 Å². The fourth-order valence-corrected chi connectivity index (χ4v) is 6.19. The van der Waals surface area contributed by atoms with Crippen LogP contribution in [0.2, 0.25) is 18.1 Å². The topological polar surface area (TPSA) is 54.0 Å². The summed E-state index contributed by atoms with van der Waals surface area (Å²) in [5, 5.41) is 0.189. The van der Waals surface area contributed by atoms with Crippen LogP contribution in [0.5, 0.6) is 0 Å². The number of carbonyl (C=O) groups is 1. The highest BCUT2D eigenvalue weighted by atomic mass is 32.1. The largest absolute Gasteiger partial charge is 0.465 e. The molecule has 1 fully saturated rings. The first-order valence-corrected chi connectivity index (χ1v) is 16.1. The maximum Gasteiger partial charge on any atom is 0.348 e. The zero-order chi connectivity index (χ0) is 24.1. The number of methoxy groups -OCH3 is 1. The molecule has 5 nitrogen and oxygen atoms in total. The Morgan fingerprint density at radius 1 is 1.21 bits per heavy atom. The highest BCUT2D eigenvalue weighted by Gasteiger charge is 2.40. The van der Waals surface area contributed by atoms with Gasteiger partial charge in [0.15, 0.2) is 14.6 Å². The summed E-state index contributed by atoms with van der Waals surface area (Å²) in [4.78, 5) is 13.6. The summed E-state index contributed by atoms with van der Waals surface area (Å²) in [5.41, 5.74) is 1.46. The van der Waals surface area contributed by atoms with Crippen LogP contribution in [0.1, 0.15) is 73.8 Å². The summed E-state index contributed by atoms with van der Waals surface area (Å²) in [6, 6.07) is 3.91. The smallest absolute Gasteiger partial charge is 0.348 e. The van der Waals surface area contributed by atoms with E-state index in [1.165, 1.54) is 35.3 Å². The Morgan fingerprint density at radius 2 is 2.00 bits per heavy atom. The quantitative estimate of drug-likeness (QED) is 0.205. The molecule has 2 aliphatic rings. The predicted molar refractivity (Wildman–Crippen MR) is 136 cm³/mol. The monoisotopic (exact) mass is 494 g/mol. The minimum atomic E-state index is -1.84. The average molecular weight is 495 g/mol. The van der Waals surface area contributed by atoms with Crippen molar-refractivity contribution in [1.82, 2.24) is 0 Å². The van der Waals surface area contributed by atoms with Gasteiger partial charge in [-0.1, -0.05) is 32.4 Å². The Balaban J connectivity index is 1.60. The molecule has 3 rings (SSSR count). The SMILES string of the molecule is COC(=O)c1ccc(CCCC2=CC[C@@H](OC3CCCCO3)[C@@H]2CO[Si](C)(C)C(C)(C)C)s1. The van der Waals surface area contributed by atoms with E-state index in [2.05, 4.69) is 39.9 Å². The molecule has 1 aliphatic carbocycles. The van der Waals surface area contributed by atoms with Crippen molar-refractivity contribution < 1.29 is 23.4 Å². The summed E-state index contributed by atoms with van der Waals surface area (Å²) < 4.78 is 23.8. The third-order valence-corrected chi connectivity index (χ3v) is 13.0. The molecule has 7 heteroatoms. The normalized spacial score (nSPS) is 24.1. The molecule has 2 heterocycles. The second kappa shape index (κ2) is 11.6. The summed E-state index contributed by atoms with van der Waals surface area (Å²) in [5.74, 6) is 0.0381. The Hall–Kier alpha value is -0.993. The third-order valence-electron chi connectivity index (χ3n) is 7.37. The van der Waals surface area contributed by atoms with Crippen molar-refractivity contribution in [3.63, 3.8) is 0 Å². The van der Waals surface area contributed by atoms with Crippen LogP contribution >= 0.6 is 11.3 Å². The number of hydrogen-bond acceptors (Lipinski definition) is 6. The average Bonchev–Trinajstić information content (AvgIpc) is 3.39. The van der Waals surface area contributed by atoms with Crippen LogP contribution in [0, 0.1) is 5.92 Å². The minimum Gasteiger partial charge on any atom is -0.465 e. The van der Waals surface area contributed by atoms with Crippen molar-refractivity contribution >= 4 is 25.6 Å². The van der Waals surface area contributed by atoms with Gasteiger partial charge in [0, 0.05) is 24.0 Å². The van der Waals surface area contributed by atoms with E-state index in [1.807, 2.05) is 12.1 Å². The molecule has 1 aromatic heterocycles. The molecule has 0 radical (unpaired) electrons. The van der Waals surface area contributed by atoms with Crippen LogP contribution in [0.15, 0.2) is 23.8 Å². The number of ether oxygens (including phenoxy) is 3. The Labute approximate surface area is 205 Å². The number of aryl methyl sites for hydroxylation is 1. The van der Waals surface area contributed by atoms with Crippen molar-refractivity contribution in [2.45, 2.75) is 96.2 Å². The van der Waals surface area contributed by atoms with Crippen molar-refractivity contribution in [2.24, 2.45) is 5.92 Å². The van der Waals surface area contributed by atoms with Gasteiger partial charge in [-0.25, -0.2) is 4.79 Å². The second-order valence-corrected chi connectivity index (χ2v) is 16.8. The van der Waals surface area contributed by atoms with Crippen molar-refractivity contribution in [3.05, 3.63) is 33.5 Å². The summed E-state index contributed by atoms with van der Waals surface area (Å²) in [6.07, 6.45) is 9.72. The fourth-order valence-electron chi connectivity index (χ4n) is 4.19. The van der Waals surface area contributed by atoms with Crippen LogP contribution in [0.25, 0.3) is 0 Å². The lowest BCUT2D eigenvalue weighted by atomic mass is 9.95. The zero-order valence-corrected chi connectivity index (χ0v) is 23.1. The number of rotatable bonds is 10. The minimum absolute atomic E-state index is 0.0743. The van der Waals surface area contributed by atoms with E-state index >= 15 is 0 Å². The highest BCUT2D eigenvalue weighted by molar-refractivity contribution is 7.13. The van der Waals surface area contributed by atoms with Crippen LogP contribution in [0.3, 0.4) is 0 Å². The number of hydrogen-bond donors (Lipinski definition) is 0. The van der Waals surface area contributed by atoms with Crippen molar-refractivity contribution in [2.75, 3.05) is 20.3 Å². The zero-order valence-electron chi connectivity index (χ0n) is 21.3. The third kappa shape index (κ3) is 7.25. The molecule has 3 atom stereocenters. The van der Waals surface area contributed by atoms with Crippen molar-refractivity contribution in [1.29, 1.82) is 0 Å². The van der Waals surface area contributed by atoms with Gasteiger partial charge < -0.3 is 18.6 Å². The molecule has 0 amide bonds. The lowest BCUT2D eigenvalue weighted by Gasteiger charge is -2.38. The van der Waals surface area contributed by atoms with Gasteiger partial charge in [0.25, 0.3) is 0 Å². The number of thiophene rings is 1. The van der Waals surface area contributed by atoms with Gasteiger partial charge in [0.2, 0.25) is 0 Å². The molecule has 0 bridgehead atoms. The first-order valence-electron chi connectivity index (χ1n) is 12.4. The van der Waals surface area contributed by atoms with Crippen LogP contribution in [0.4, 0.5) is 0 Å². The first kappa shape index (κ1) is 26.6. The fraction of sp³-hybridized carbons (Fsp3) is 0.731. The molecule has 0 N–H and O–H groups in total. The Morgan fingerprint density at radius 3 is 2.67 bits per heavy atom. The molecule has 0 saturated carbocycles. The van der Waals surface area contributed by atoms with E-state index in [1.54, 1.807) is 0 Å². The maximum absolute atomic E-state index is 11.7. The first-order chi connectivity index (χ1) is 15.6. The maximum atomic E-state index is 11.7. The van der Waals surface area contributed by atoms with Gasteiger partial charge in [-0.15, -0.1) is 11.3 Å². The summed E-state index contributed by atoms with van der Waals surface area (Å²) in [7, 11) is -0.408. The van der Waals surface area contributed by atoms with Crippen molar-refractivity contribution in [3.8, 4) is 0 Å². The lowest BCUT2D eigenvalue weighted by molar-refractivity contribution is -0.194. The van der Waals surface area contributed by atoms with Gasteiger partial charge in [-0.05, 0) is 75.2 Å². The Kier molecular flexibility index (Phi) is 9.37. The molecule has 1 unspecified atom stereocenters. The molecule has 0 aromatic carbocycles. The van der Waals surface area contributed by atoms with Gasteiger partial charge >= 0.3 is 5.97 Å². The van der Waals surface area contributed by atoms with E-state index in [-0.39, 0.29) is 23.4 Å². The van der Waals surface area contributed by atoms with Gasteiger partial charge in [-0.3, -0.25) is 0 Å². The molecular formula is C26H42O5SSi. The van der Waals surface area contributed by atoms with Crippen LogP contribution in [-0.4, -0.2) is 47.0 Å². The Bertz CT molecular complexity index is 804. The summed E-state index contributed by atoms with van der Waals surface area (Å²) >= 11 is 1.53. The van der Waals surface area contributed by atoms with Gasteiger partial charge in [-0.2, -0.15) is 0 Å². The summed E-state index contributed by atoms with van der Waals surface area (Å²) in [6.45, 7) is 13.0. The van der Waals surface area contributed by atoms with E-state index in [4.69, 9.17) is 18.6 Å². The lowest BCUT2D eigenvalue weighted by Crippen LogP contribution is -2.43. The molecular weight excluding hydrogens is 452 g/mol. The van der Waals surface area contributed by atoms with Crippen LogP contribution in [-0.2, 0) is 25.1 Å². The molecule has 186 valence electrons. The number of esters is 1. The van der Waals surface area contributed by atoms with E-state index in [0.29, 0.717) is 10.8 Å². The highest BCUT2D eigenvalue weighted by Crippen LogP contribution is 2.40. The van der Waals surface area contributed by atoms with Crippen LogP contribution < -0.4 is 0 Å². The predicted octanol–water partition coefficient (Wildman–Crippen LogP) is 6.74. The second-order valence-electron chi connectivity index (χ2n) is 10.8.